The highest BCUT2D eigenvalue weighted by Crippen LogP contribution is 2.13. The molecule has 1 unspecified atom stereocenters. The molecule has 0 saturated heterocycles. The van der Waals surface area contributed by atoms with E-state index in [1.54, 1.807) is 0 Å². The molecule has 0 aromatic carbocycles. The van der Waals surface area contributed by atoms with E-state index in [9.17, 15) is 0 Å². The number of aliphatic imine (C=N–C) groups is 1. The van der Waals surface area contributed by atoms with Gasteiger partial charge in [-0.2, -0.15) is 0 Å². The molecule has 0 bridgehead atoms. The number of halogens is 1. The normalized spacial score (nSPS) is 17.2. The first-order valence-corrected chi connectivity index (χ1v) is 3.59. The van der Waals surface area contributed by atoms with Gasteiger partial charge < -0.3 is 5.73 Å². The predicted octanol–water partition coefficient (Wildman–Crippen LogP) is 1.89. The predicted molar refractivity (Wildman–Crippen MR) is 46.4 cm³/mol. The number of allylic oxidation sites excluding steroid dienone is 2. The number of hydrogen-bond donors (Lipinski definition) is 1. The summed E-state index contributed by atoms with van der Waals surface area (Å²) in [6.45, 7) is 5.74. The lowest BCUT2D eigenvalue weighted by molar-refractivity contribution is 1.05. The van der Waals surface area contributed by atoms with Crippen molar-refractivity contribution in [3.63, 3.8) is 0 Å². The van der Waals surface area contributed by atoms with Gasteiger partial charge in [0.15, 0.2) is 0 Å². The van der Waals surface area contributed by atoms with Crippen LogP contribution in [0.15, 0.2) is 16.3 Å². The lowest BCUT2D eigenvalue weighted by atomic mass is 10.2. The summed E-state index contributed by atoms with van der Waals surface area (Å²) in [5.74, 6) is 0. The lowest BCUT2D eigenvalue weighted by Crippen LogP contribution is -1.96. The van der Waals surface area contributed by atoms with E-state index in [4.69, 9.17) is 17.3 Å². The summed E-state index contributed by atoms with van der Waals surface area (Å²) in [6, 6.07) is 0. The van der Waals surface area contributed by atoms with Gasteiger partial charge >= 0.3 is 0 Å². The first-order chi connectivity index (χ1) is 4.59. The van der Waals surface area contributed by atoms with Crippen LogP contribution in [-0.2, 0) is 0 Å². The largest absolute Gasteiger partial charge is 0.390 e. The van der Waals surface area contributed by atoms with Crippen LogP contribution >= 0.6 is 11.6 Å². The van der Waals surface area contributed by atoms with Gasteiger partial charge in [0.2, 0.25) is 0 Å². The van der Waals surface area contributed by atoms with Crippen molar-refractivity contribution in [1.29, 1.82) is 0 Å². The Morgan fingerprint density at radius 2 is 2.10 bits per heavy atom. The molecule has 0 rings (SSSR count). The smallest absolute Gasteiger partial charge is 0.0856 e. The van der Waals surface area contributed by atoms with E-state index in [0.717, 1.165) is 11.3 Å². The quantitative estimate of drug-likeness (QED) is 0.374. The van der Waals surface area contributed by atoms with Crippen LogP contribution in [0.4, 0.5) is 0 Å². The van der Waals surface area contributed by atoms with E-state index in [0.29, 0.717) is 0 Å². The SMILES string of the molecule is CC(N=CN)=C(C)C(C)Cl. The summed E-state index contributed by atoms with van der Waals surface area (Å²) in [5, 5.41) is 0.0312. The molecule has 0 amide bonds. The molecule has 0 fully saturated rings. The van der Waals surface area contributed by atoms with Crippen LogP contribution in [0, 0.1) is 0 Å². The Morgan fingerprint density at radius 3 is 2.40 bits per heavy atom. The summed E-state index contributed by atoms with van der Waals surface area (Å²) in [6.07, 6.45) is 1.28. The molecule has 0 aromatic heterocycles. The molecule has 3 heteroatoms. The van der Waals surface area contributed by atoms with Gasteiger partial charge in [0.05, 0.1) is 11.7 Å². The molecule has 0 radical (unpaired) electrons. The lowest BCUT2D eigenvalue weighted by Gasteiger charge is -2.03. The molecule has 0 aliphatic carbocycles. The minimum Gasteiger partial charge on any atom is -0.390 e. The zero-order valence-electron chi connectivity index (χ0n) is 6.56. The highest BCUT2D eigenvalue weighted by Gasteiger charge is 2.00. The Labute approximate surface area is 66.8 Å². The Morgan fingerprint density at radius 1 is 1.60 bits per heavy atom. The number of rotatable bonds is 2. The third kappa shape index (κ3) is 2.87. The van der Waals surface area contributed by atoms with Gasteiger partial charge in [-0.25, -0.2) is 4.99 Å². The van der Waals surface area contributed by atoms with Gasteiger partial charge in [0, 0.05) is 5.70 Å². The molecule has 2 nitrogen and oxygen atoms in total. The Bertz CT molecular complexity index is 159. The van der Waals surface area contributed by atoms with Crippen molar-refractivity contribution in [2.75, 3.05) is 0 Å². The molecule has 0 aliphatic rings. The van der Waals surface area contributed by atoms with Gasteiger partial charge in [-0.3, -0.25) is 0 Å². The van der Waals surface area contributed by atoms with E-state index in [-0.39, 0.29) is 5.38 Å². The van der Waals surface area contributed by atoms with Crippen molar-refractivity contribution in [3.8, 4) is 0 Å². The molecular weight excluding hydrogens is 148 g/mol. The second-order valence-corrected chi connectivity index (χ2v) is 2.82. The summed E-state index contributed by atoms with van der Waals surface area (Å²) >= 11 is 5.79. The monoisotopic (exact) mass is 160 g/mol. The Kier molecular flexibility index (Phi) is 4.12. The average Bonchev–Trinajstić information content (AvgIpc) is 1.87. The molecule has 0 spiro atoms. The van der Waals surface area contributed by atoms with E-state index in [2.05, 4.69) is 4.99 Å². The molecule has 0 aromatic rings. The molecule has 0 aliphatic heterocycles. The van der Waals surface area contributed by atoms with Crippen molar-refractivity contribution in [1.82, 2.24) is 0 Å². The van der Waals surface area contributed by atoms with Crippen LogP contribution in [0.25, 0.3) is 0 Å². The second kappa shape index (κ2) is 4.34. The third-order valence-corrected chi connectivity index (χ3v) is 1.76. The van der Waals surface area contributed by atoms with Crippen molar-refractivity contribution < 1.29 is 0 Å². The number of nitrogens with two attached hydrogens (primary N) is 1. The highest BCUT2D eigenvalue weighted by molar-refractivity contribution is 6.22. The van der Waals surface area contributed by atoms with Gasteiger partial charge in [0.1, 0.15) is 0 Å². The van der Waals surface area contributed by atoms with Crippen LogP contribution in [0.5, 0.6) is 0 Å². The van der Waals surface area contributed by atoms with Crippen LogP contribution in [-0.4, -0.2) is 11.7 Å². The molecule has 10 heavy (non-hydrogen) atoms. The van der Waals surface area contributed by atoms with E-state index in [1.165, 1.54) is 6.34 Å². The van der Waals surface area contributed by atoms with Crippen molar-refractivity contribution in [3.05, 3.63) is 11.3 Å². The van der Waals surface area contributed by atoms with Gasteiger partial charge in [0.25, 0.3) is 0 Å². The fraction of sp³-hybridized carbons (Fsp3) is 0.571. The van der Waals surface area contributed by atoms with Gasteiger partial charge in [-0.05, 0) is 26.3 Å². The summed E-state index contributed by atoms with van der Waals surface area (Å²) < 4.78 is 0. The zero-order valence-corrected chi connectivity index (χ0v) is 7.31. The summed E-state index contributed by atoms with van der Waals surface area (Å²) in [5.41, 5.74) is 7.05. The maximum absolute atomic E-state index is 5.79. The van der Waals surface area contributed by atoms with E-state index >= 15 is 0 Å². The highest BCUT2D eigenvalue weighted by atomic mass is 35.5. The Balaban J connectivity index is 4.34. The molecule has 0 saturated carbocycles. The second-order valence-electron chi connectivity index (χ2n) is 2.16. The third-order valence-electron chi connectivity index (χ3n) is 1.44. The van der Waals surface area contributed by atoms with Gasteiger partial charge in [-0.1, -0.05) is 0 Å². The minimum atomic E-state index is 0.0312. The topological polar surface area (TPSA) is 38.4 Å². The first kappa shape index (κ1) is 9.50. The fourth-order valence-corrected chi connectivity index (χ4v) is 0.659. The van der Waals surface area contributed by atoms with Crippen LogP contribution < -0.4 is 5.73 Å². The fourth-order valence-electron chi connectivity index (χ4n) is 0.501. The molecule has 1 atom stereocenters. The standard InChI is InChI=1S/C7H13ClN2/c1-5(6(2)8)7(3)10-4-9/h4,6H,1-3H3,(H2,9,10). The maximum atomic E-state index is 5.79. The summed E-state index contributed by atoms with van der Waals surface area (Å²) in [4.78, 5) is 3.89. The molecule has 2 N–H and O–H groups in total. The van der Waals surface area contributed by atoms with Crippen LogP contribution in [0.1, 0.15) is 20.8 Å². The first-order valence-electron chi connectivity index (χ1n) is 3.15. The van der Waals surface area contributed by atoms with Crippen LogP contribution in [0.3, 0.4) is 0 Å². The maximum Gasteiger partial charge on any atom is 0.0856 e. The molecule has 58 valence electrons. The van der Waals surface area contributed by atoms with Crippen LogP contribution in [0.2, 0.25) is 0 Å². The number of nitrogens with zero attached hydrogens (tertiary/aromatic N) is 1. The van der Waals surface area contributed by atoms with Gasteiger partial charge in [-0.15, -0.1) is 11.6 Å². The van der Waals surface area contributed by atoms with E-state index < -0.39 is 0 Å². The van der Waals surface area contributed by atoms with Crippen molar-refractivity contribution in [2.45, 2.75) is 26.1 Å². The minimum absolute atomic E-state index is 0.0312. The van der Waals surface area contributed by atoms with Crippen molar-refractivity contribution >= 4 is 17.9 Å². The number of alkyl halides is 1. The Hall–Kier alpha value is -0.500. The molecular formula is C7H13ClN2. The van der Waals surface area contributed by atoms with E-state index in [1.807, 2.05) is 20.8 Å². The zero-order chi connectivity index (χ0) is 8.15. The summed E-state index contributed by atoms with van der Waals surface area (Å²) in [7, 11) is 0. The number of hydrogen-bond acceptors (Lipinski definition) is 1. The molecule has 0 heterocycles. The average molecular weight is 161 g/mol. The van der Waals surface area contributed by atoms with Crippen molar-refractivity contribution in [2.24, 2.45) is 10.7 Å².